The van der Waals surface area contributed by atoms with Gasteiger partial charge in [-0.3, -0.25) is 6.08 Å². The largest absolute Gasteiger partial charge is 2.00 e. The quantitative estimate of drug-likeness (QED) is 0.359. The molecule has 0 radical (unpaired) electrons. The summed E-state index contributed by atoms with van der Waals surface area (Å²) in [5, 5.41) is 0. The standard InChI is InChI=1S/C6H9.BrH.Ni/c1-2-4-6-5-3-1;;/h1H,2,4-6H2;1H;/q-1;;+2/p-1. The Morgan fingerprint density at radius 1 is 1.25 bits per heavy atom. The molecule has 50 valence electrons. The van der Waals surface area contributed by atoms with Crippen molar-refractivity contribution in [3.05, 3.63) is 12.2 Å². The smallest absolute Gasteiger partial charge is 1.00 e. The van der Waals surface area contributed by atoms with Gasteiger partial charge in [0.1, 0.15) is 0 Å². The second kappa shape index (κ2) is 7.71. The summed E-state index contributed by atoms with van der Waals surface area (Å²) in [6.45, 7) is 0. The first-order valence-corrected chi connectivity index (χ1v) is 2.55. The maximum absolute atomic E-state index is 3.16. The van der Waals surface area contributed by atoms with Gasteiger partial charge in [-0.15, -0.1) is 0 Å². The molecule has 2 heteroatoms. The summed E-state index contributed by atoms with van der Waals surface area (Å²) in [5.41, 5.74) is 0. The van der Waals surface area contributed by atoms with Crippen LogP contribution in [0.15, 0.2) is 6.08 Å². The number of allylic oxidation sites excluding steroid dienone is 2. The maximum atomic E-state index is 3.16. The third-order valence-corrected chi connectivity index (χ3v) is 1.06. The second-order valence-corrected chi connectivity index (χ2v) is 1.65. The van der Waals surface area contributed by atoms with Crippen LogP contribution < -0.4 is 17.0 Å². The summed E-state index contributed by atoms with van der Waals surface area (Å²) in [7, 11) is 0. The monoisotopic (exact) mass is 218 g/mol. The van der Waals surface area contributed by atoms with Gasteiger partial charge in [0.15, 0.2) is 0 Å². The molecule has 0 unspecified atom stereocenters. The summed E-state index contributed by atoms with van der Waals surface area (Å²) in [6.07, 6.45) is 10.5. The molecule has 0 aromatic rings. The van der Waals surface area contributed by atoms with Crippen LogP contribution in [0.3, 0.4) is 0 Å². The van der Waals surface area contributed by atoms with E-state index < -0.39 is 0 Å². The molecule has 0 aliphatic heterocycles. The van der Waals surface area contributed by atoms with E-state index in [0.29, 0.717) is 0 Å². The Kier molecular flexibility index (Phi) is 11.1. The molecule has 0 amide bonds. The molecule has 1 aliphatic carbocycles. The SMILES string of the molecule is [Br-].[C-]1=CCCCC1.[Ni+2]. The van der Waals surface area contributed by atoms with Crippen molar-refractivity contribution in [1.29, 1.82) is 0 Å². The van der Waals surface area contributed by atoms with Gasteiger partial charge in [-0.25, -0.2) is 0 Å². The molecule has 0 saturated heterocycles. The van der Waals surface area contributed by atoms with Crippen LogP contribution in [-0.2, 0) is 16.5 Å². The number of hydrogen-bond donors (Lipinski definition) is 0. The Morgan fingerprint density at radius 3 is 2.12 bits per heavy atom. The molecule has 8 heavy (non-hydrogen) atoms. The second-order valence-electron chi connectivity index (χ2n) is 1.65. The van der Waals surface area contributed by atoms with Crippen LogP contribution in [0.2, 0.25) is 0 Å². The van der Waals surface area contributed by atoms with Crippen LogP contribution in [-0.4, -0.2) is 0 Å². The van der Waals surface area contributed by atoms with Crippen LogP contribution in [0.4, 0.5) is 0 Å². The molecule has 0 bridgehead atoms. The summed E-state index contributed by atoms with van der Waals surface area (Å²) >= 11 is 0. The van der Waals surface area contributed by atoms with Crippen molar-refractivity contribution in [1.82, 2.24) is 0 Å². The molecule has 0 saturated carbocycles. The summed E-state index contributed by atoms with van der Waals surface area (Å²) in [6, 6.07) is 0. The fraction of sp³-hybridized carbons (Fsp3) is 0.667. The summed E-state index contributed by atoms with van der Waals surface area (Å²) < 4.78 is 0. The fourth-order valence-electron chi connectivity index (χ4n) is 0.678. The van der Waals surface area contributed by atoms with Crippen molar-refractivity contribution in [2.45, 2.75) is 25.7 Å². The van der Waals surface area contributed by atoms with Crippen LogP contribution in [0.5, 0.6) is 0 Å². The van der Waals surface area contributed by atoms with Gasteiger partial charge in [0.2, 0.25) is 0 Å². The van der Waals surface area contributed by atoms with Crippen LogP contribution >= 0.6 is 0 Å². The average Bonchev–Trinajstić information content (AvgIpc) is 1.72. The molecule has 0 atom stereocenters. The minimum absolute atomic E-state index is 0. The van der Waals surface area contributed by atoms with Gasteiger partial charge in [0, 0.05) is 0 Å². The molecule has 1 rings (SSSR count). The first-order chi connectivity index (χ1) is 3.00. The number of hydrogen-bond acceptors (Lipinski definition) is 0. The van der Waals surface area contributed by atoms with E-state index in [-0.39, 0.29) is 33.5 Å². The first kappa shape index (κ1) is 11.5. The van der Waals surface area contributed by atoms with Crippen molar-refractivity contribution < 1.29 is 33.5 Å². The molecule has 0 nitrogen and oxygen atoms in total. The Balaban J connectivity index is 0. The predicted molar refractivity (Wildman–Crippen MR) is 26.3 cm³/mol. The Bertz CT molecular complexity index is 53.5. The zero-order valence-corrected chi connectivity index (χ0v) is 7.17. The zero-order chi connectivity index (χ0) is 4.24. The Morgan fingerprint density at radius 2 is 2.00 bits per heavy atom. The molecular formula is C6H9BrNi. The van der Waals surface area contributed by atoms with E-state index in [1.165, 1.54) is 25.7 Å². The molecule has 1 aliphatic rings. The van der Waals surface area contributed by atoms with E-state index >= 15 is 0 Å². The summed E-state index contributed by atoms with van der Waals surface area (Å²) in [4.78, 5) is 0. The average molecular weight is 220 g/mol. The maximum Gasteiger partial charge on any atom is 2.00 e. The van der Waals surface area contributed by atoms with E-state index in [0.717, 1.165) is 0 Å². The van der Waals surface area contributed by atoms with Gasteiger partial charge in [-0.05, 0) is 0 Å². The Hall–Kier alpha value is 0.714. The van der Waals surface area contributed by atoms with Gasteiger partial charge >= 0.3 is 16.5 Å². The van der Waals surface area contributed by atoms with E-state index in [1.807, 2.05) is 0 Å². The molecule has 0 heterocycles. The topological polar surface area (TPSA) is 0 Å². The van der Waals surface area contributed by atoms with E-state index in [1.54, 1.807) is 0 Å². The van der Waals surface area contributed by atoms with Gasteiger partial charge in [0.05, 0.1) is 0 Å². The van der Waals surface area contributed by atoms with Gasteiger partial charge in [-0.1, -0.05) is 19.3 Å². The molecule has 0 N–H and O–H groups in total. The number of halogens is 1. The molecule has 0 aromatic heterocycles. The molecular weight excluding hydrogens is 211 g/mol. The van der Waals surface area contributed by atoms with Crippen molar-refractivity contribution in [3.8, 4) is 0 Å². The van der Waals surface area contributed by atoms with Gasteiger partial charge in [0.25, 0.3) is 0 Å². The molecule has 0 aromatic carbocycles. The molecule has 0 spiro atoms. The minimum Gasteiger partial charge on any atom is -1.00 e. The fourth-order valence-corrected chi connectivity index (χ4v) is 0.678. The van der Waals surface area contributed by atoms with Crippen molar-refractivity contribution in [3.63, 3.8) is 0 Å². The third-order valence-electron chi connectivity index (χ3n) is 1.06. The number of rotatable bonds is 0. The van der Waals surface area contributed by atoms with Crippen LogP contribution in [0.1, 0.15) is 25.7 Å². The third kappa shape index (κ3) is 4.86. The van der Waals surface area contributed by atoms with Crippen LogP contribution in [0, 0.1) is 6.08 Å². The zero-order valence-electron chi connectivity index (χ0n) is 4.60. The van der Waals surface area contributed by atoms with Crippen molar-refractivity contribution >= 4 is 0 Å². The normalized spacial score (nSPS) is 16.0. The Labute approximate surface area is 71.4 Å². The predicted octanol–water partition coefficient (Wildman–Crippen LogP) is -1.08. The van der Waals surface area contributed by atoms with E-state index in [9.17, 15) is 0 Å². The minimum atomic E-state index is 0. The van der Waals surface area contributed by atoms with E-state index in [2.05, 4.69) is 12.2 Å². The van der Waals surface area contributed by atoms with Crippen molar-refractivity contribution in [2.75, 3.05) is 0 Å². The van der Waals surface area contributed by atoms with Crippen LogP contribution in [0.25, 0.3) is 0 Å². The summed E-state index contributed by atoms with van der Waals surface area (Å²) in [5.74, 6) is 0. The molecule has 0 fully saturated rings. The first-order valence-electron chi connectivity index (χ1n) is 2.55. The van der Waals surface area contributed by atoms with Gasteiger partial charge < -0.3 is 23.1 Å². The van der Waals surface area contributed by atoms with Gasteiger partial charge in [-0.2, -0.15) is 6.42 Å². The van der Waals surface area contributed by atoms with E-state index in [4.69, 9.17) is 0 Å². The van der Waals surface area contributed by atoms with Crippen molar-refractivity contribution in [2.24, 2.45) is 0 Å².